The third-order valence-corrected chi connectivity index (χ3v) is 7.20. The molecule has 0 saturated carbocycles. The van der Waals surface area contributed by atoms with Gasteiger partial charge >= 0.3 is 0 Å². The molecule has 1 fully saturated rings. The van der Waals surface area contributed by atoms with Gasteiger partial charge in [-0.05, 0) is 31.0 Å². The Labute approximate surface area is 140 Å². The van der Waals surface area contributed by atoms with E-state index in [9.17, 15) is 0 Å². The monoisotopic (exact) mass is 349 g/mol. The summed E-state index contributed by atoms with van der Waals surface area (Å²) in [6, 6.07) is 6.41. The van der Waals surface area contributed by atoms with Crippen molar-refractivity contribution in [3.8, 4) is 0 Å². The predicted molar refractivity (Wildman–Crippen MR) is 95.8 cm³/mol. The van der Waals surface area contributed by atoms with Crippen molar-refractivity contribution in [2.24, 2.45) is 0 Å². The SMILES string of the molecule is CCCNC(Cc1cccc(Cl)c1Cl)C1CSCCS1. The van der Waals surface area contributed by atoms with Gasteiger partial charge in [0, 0.05) is 28.6 Å². The first-order valence-corrected chi connectivity index (χ1v) is 10.0. The van der Waals surface area contributed by atoms with E-state index in [-0.39, 0.29) is 0 Å². The molecule has 0 aromatic heterocycles. The van der Waals surface area contributed by atoms with Crippen LogP contribution in [0.15, 0.2) is 18.2 Å². The molecule has 1 N–H and O–H groups in total. The van der Waals surface area contributed by atoms with Crippen molar-refractivity contribution in [2.45, 2.75) is 31.1 Å². The summed E-state index contributed by atoms with van der Waals surface area (Å²) in [5.41, 5.74) is 1.16. The second-order valence-corrected chi connectivity index (χ2v) is 8.24. The maximum atomic E-state index is 6.34. The van der Waals surface area contributed by atoms with Crippen molar-refractivity contribution in [3.63, 3.8) is 0 Å². The molecule has 20 heavy (non-hydrogen) atoms. The second-order valence-electron chi connectivity index (χ2n) is 4.96. The smallest absolute Gasteiger partial charge is 0.0624 e. The van der Waals surface area contributed by atoms with E-state index in [4.69, 9.17) is 23.2 Å². The minimum Gasteiger partial charge on any atom is -0.313 e. The van der Waals surface area contributed by atoms with Crippen LogP contribution in [0, 0.1) is 0 Å². The molecule has 112 valence electrons. The normalized spacial score (nSPS) is 20.9. The minimum atomic E-state index is 0.476. The third kappa shape index (κ3) is 4.74. The lowest BCUT2D eigenvalue weighted by molar-refractivity contribution is 0.506. The Morgan fingerprint density at radius 2 is 2.20 bits per heavy atom. The molecule has 1 aliphatic rings. The van der Waals surface area contributed by atoms with Gasteiger partial charge in [0.25, 0.3) is 0 Å². The molecular weight excluding hydrogens is 329 g/mol. The molecule has 1 aliphatic heterocycles. The van der Waals surface area contributed by atoms with Crippen LogP contribution in [0.25, 0.3) is 0 Å². The van der Waals surface area contributed by atoms with Gasteiger partial charge in [-0.25, -0.2) is 0 Å². The second kappa shape index (κ2) is 8.79. The summed E-state index contributed by atoms with van der Waals surface area (Å²) in [6.45, 7) is 3.27. The Hall–Kier alpha value is 0.460. The highest BCUT2D eigenvalue weighted by atomic mass is 35.5. The lowest BCUT2D eigenvalue weighted by Gasteiger charge is -2.30. The van der Waals surface area contributed by atoms with Crippen LogP contribution in [0.5, 0.6) is 0 Å². The number of benzene rings is 1. The Morgan fingerprint density at radius 3 is 2.90 bits per heavy atom. The van der Waals surface area contributed by atoms with Crippen molar-refractivity contribution in [1.82, 2.24) is 5.32 Å². The summed E-state index contributed by atoms with van der Waals surface area (Å²) in [5.74, 6) is 3.76. The molecular formula is C15H21Cl2NS2. The van der Waals surface area contributed by atoms with Crippen LogP contribution in [-0.4, -0.2) is 35.1 Å². The van der Waals surface area contributed by atoms with E-state index in [1.807, 2.05) is 12.1 Å². The van der Waals surface area contributed by atoms with Gasteiger partial charge in [0.05, 0.1) is 10.0 Å². The van der Waals surface area contributed by atoms with E-state index < -0.39 is 0 Å². The summed E-state index contributed by atoms with van der Waals surface area (Å²) in [4.78, 5) is 0. The molecule has 1 aromatic rings. The van der Waals surface area contributed by atoms with E-state index in [1.54, 1.807) is 0 Å². The first kappa shape index (κ1) is 16.8. The minimum absolute atomic E-state index is 0.476. The molecule has 0 bridgehead atoms. The number of halogens is 2. The van der Waals surface area contributed by atoms with Crippen LogP contribution in [0.4, 0.5) is 0 Å². The molecule has 0 spiro atoms. The predicted octanol–water partition coefficient (Wildman–Crippen LogP) is 4.75. The van der Waals surface area contributed by atoms with Gasteiger partial charge in [0.2, 0.25) is 0 Å². The maximum absolute atomic E-state index is 6.34. The zero-order valence-electron chi connectivity index (χ0n) is 11.7. The molecule has 0 radical (unpaired) electrons. The van der Waals surface area contributed by atoms with Crippen molar-refractivity contribution >= 4 is 46.7 Å². The van der Waals surface area contributed by atoms with Gasteiger partial charge < -0.3 is 5.32 Å². The number of nitrogens with one attached hydrogen (secondary N) is 1. The van der Waals surface area contributed by atoms with Crippen molar-refractivity contribution in [1.29, 1.82) is 0 Å². The van der Waals surface area contributed by atoms with Gasteiger partial charge in [0.15, 0.2) is 0 Å². The van der Waals surface area contributed by atoms with E-state index in [0.717, 1.165) is 24.9 Å². The van der Waals surface area contributed by atoms with Gasteiger partial charge in [-0.3, -0.25) is 0 Å². The largest absolute Gasteiger partial charge is 0.313 e. The van der Waals surface area contributed by atoms with Crippen LogP contribution < -0.4 is 5.32 Å². The fraction of sp³-hybridized carbons (Fsp3) is 0.600. The van der Waals surface area contributed by atoms with Crippen molar-refractivity contribution in [3.05, 3.63) is 33.8 Å². The number of hydrogen-bond donors (Lipinski definition) is 1. The average molecular weight is 350 g/mol. The lowest BCUT2D eigenvalue weighted by Crippen LogP contribution is -2.43. The van der Waals surface area contributed by atoms with Crippen LogP contribution in [0.3, 0.4) is 0 Å². The summed E-state index contributed by atoms with van der Waals surface area (Å²) in [5, 5.41) is 5.73. The lowest BCUT2D eigenvalue weighted by atomic mass is 10.0. The Kier molecular flexibility index (Phi) is 7.40. The fourth-order valence-corrected chi connectivity index (χ4v) is 5.63. The molecule has 1 aromatic carbocycles. The van der Waals surface area contributed by atoms with E-state index >= 15 is 0 Å². The molecule has 2 unspecified atom stereocenters. The molecule has 0 amide bonds. The summed E-state index contributed by atoms with van der Waals surface area (Å²) < 4.78 is 0. The molecule has 1 saturated heterocycles. The zero-order chi connectivity index (χ0) is 14.4. The Bertz CT molecular complexity index is 422. The first-order chi connectivity index (χ1) is 9.72. The highest BCUT2D eigenvalue weighted by Crippen LogP contribution is 2.31. The molecule has 1 heterocycles. The zero-order valence-corrected chi connectivity index (χ0v) is 14.8. The molecule has 2 atom stereocenters. The highest BCUT2D eigenvalue weighted by Gasteiger charge is 2.25. The maximum Gasteiger partial charge on any atom is 0.0624 e. The summed E-state index contributed by atoms with van der Waals surface area (Å²) in [7, 11) is 0. The van der Waals surface area contributed by atoms with Crippen molar-refractivity contribution < 1.29 is 0 Å². The molecule has 1 nitrogen and oxygen atoms in total. The van der Waals surface area contributed by atoms with Crippen molar-refractivity contribution in [2.75, 3.05) is 23.8 Å². The third-order valence-electron chi connectivity index (χ3n) is 3.42. The number of rotatable bonds is 6. The van der Waals surface area contributed by atoms with Gasteiger partial charge in [-0.15, -0.1) is 0 Å². The highest BCUT2D eigenvalue weighted by molar-refractivity contribution is 8.06. The molecule has 2 rings (SSSR count). The fourth-order valence-electron chi connectivity index (χ4n) is 2.35. The molecule has 0 aliphatic carbocycles. The summed E-state index contributed by atoms with van der Waals surface area (Å²) >= 11 is 16.6. The first-order valence-electron chi connectivity index (χ1n) is 7.08. The van der Waals surface area contributed by atoms with Crippen LogP contribution in [0.1, 0.15) is 18.9 Å². The number of hydrogen-bond acceptors (Lipinski definition) is 3. The van der Waals surface area contributed by atoms with Crippen LogP contribution in [-0.2, 0) is 6.42 Å². The van der Waals surface area contributed by atoms with E-state index in [0.29, 0.717) is 21.3 Å². The average Bonchev–Trinajstić information content (AvgIpc) is 2.48. The van der Waals surface area contributed by atoms with Gasteiger partial charge in [-0.2, -0.15) is 23.5 Å². The standard InChI is InChI=1S/C15H21Cl2NS2/c1-2-6-18-13(14-10-19-7-8-20-14)9-11-4-3-5-12(16)15(11)17/h3-5,13-14,18H,2,6-10H2,1H3. The summed E-state index contributed by atoms with van der Waals surface area (Å²) in [6.07, 6.45) is 2.11. The van der Waals surface area contributed by atoms with Gasteiger partial charge in [0.1, 0.15) is 0 Å². The van der Waals surface area contributed by atoms with E-state index in [2.05, 4.69) is 41.8 Å². The quantitative estimate of drug-likeness (QED) is 0.795. The van der Waals surface area contributed by atoms with E-state index in [1.165, 1.54) is 17.3 Å². The van der Waals surface area contributed by atoms with Crippen LogP contribution in [0.2, 0.25) is 10.0 Å². The topological polar surface area (TPSA) is 12.0 Å². The Morgan fingerprint density at radius 1 is 1.35 bits per heavy atom. The molecule has 5 heteroatoms. The van der Waals surface area contributed by atoms with Crippen LogP contribution >= 0.6 is 46.7 Å². The number of thioether (sulfide) groups is 2. The Balaban J connectivity index is 2.07. The van der Waals surface area contributed by atoms with Gasteiger partial charge in [-0.1, -0.05) is 42.3 Å².